The number of rotatable bonds is 3. The van der Waals surface area contributed by atoms with Gasteiger partial charge in [-0.05, 0) is 44.5 Å². The monoisotopic (exact) mass is 369 g/mol. The number of nitrogens with one attached hydrogen (secondary N) is 1. The van der Waals surface area contributed by atoms with Gasteiger partial charge in [-0.2, -0.15) is 0 Å². The second-order valence-electron chi connectivity index (χ2n) is 5.62. The van der Waals surface area contributed by atoms with Gasteiger partial charge in [0, 0.05) is 23.1 Å². The molecule has 4 nitrogen and oxygen atoms in total. The van der Waals surface area contributed by atoms with Crippen LogP contribution < -0.4 is 11.1 Å². The molecule has 0 spiro atoms. The summed E-state index contributed by atoms with van der Waals surface area (Å²) in [5, 5.41) is 3.08. The molecule has 1 amide bonds. The number of hydrogen-bond acceptors (Lipinski definition) is 3. The van der Waals surface area contributed by atoms with Crippen molar-refractivity contribution in [3.8, 4) is 0 Å². The third-order valence-electron chi connectivity index (χ3n) is 4.18. The molecule has 1 aromatic carbocycles. The lowest BCUT2D eigenvalue weighted by molar-refractivity contribution is 0.0889. The highest BCUT2D eigenvalue weighted by molar-refractivity contribution is 9.10. The Balaban J connectivity index is 2.23. The molecule has 0 saturated carbocycles. The summed E-state index contributed by atoms with van der Waals surface area (Å²) >= 11 is 8.68. The number of nitrogens with two attached hydrogens (primary N) is 1. The van der Waals surface area contributed by atoms with Crippen molar-refractivity contribution >= 4 is 39.0 Å². The predicted molar refractivity (Wildman–Crippen MR) is 92.6 cm³/mol. The van der Waals surface area contributed by atoms with Gasteiger partial charge >= 0.3 is 0 Å². The lowest BCUT2D eigenvalue weighted by Crippen LogP contribution is -2.61. The van der Waals surface area contributed by atoms with Crippen molar-refractivity contribution in [2.75, 3.05) is 20.1 Å². The largest absolute Gasteiger partial charge is 0.391 e. The van der Waals surface area contributed by atoms with Crippen LogP contribution in [0.25, 0.3) is 0 Å². The second-order valence-corrected chi connectivity index (χ2v) is 6.91. The number of amides is 1. The lowest BCUT2D eigenvalue weighted by Gasteiger charge is -2.40. The Kier molecular flexibility index (Phi) is 5.01. The molecule has 0 aromatic heterocycles. The van der Waals surface area contributed by atoms with Gasteiger partial charge < -0.3 is 16.0 Å². The van der Waals surface area contributed by atoms with E-state index in [1.54, 1.807) is 0 Å². The van der Waals surface area contributed by atoms with Crippen molar-refractivity contribution in [2.45, 2.75) is 25.3 Å². The average Bonchev–Trinajstić information content (AvgIpc) is 2.44. The smallest absolute Gasteiger partial charge is 0.252 e. The SMILES string of the molecule is Cc1c(Br)cccc1C(=O)NC1(C(N)=S)CCN(C)CC1. The number of benzene rings is 1. The van der Waals surface area contributed by atoms with Crippen LogP contribution in [0, 0.1) is 6.92 Å². The Bertz CT molecular complexity index is 568. The number of carbonyl (C=O) groups is 1. The van der Waals surface area contributed by atoms with Crippen LogP contribution in [0.15, 0.2) is 22.7 Å². The van der Waals surface area contributed by atoms with Crippen molar-refractivity contribution in [3.63, 3.8) is 0 Å². The molecule has 0 atom stereocenters. The molecule has 1 aliphatic heterocycles. The summed E-state index contributed by atoms with van der Waals surface area (Å²) in [6.07, 6.45) is 1.50. The Morgan fingerprint density at radius 2 is 2.05 bits per heavy atom. The molecule has 0 unspecified atom stereocenters. The van der Waals surface area contributed by atoms with E-state index in [9.17, 15) is 4.79 Å². The molecular weight excluding hydrogens is 350 g/mol. The van der Waals surface area contributed by atoms with E-state index >= 15 is 0 Å². The van der Waals surface area contributed by atoms with Crippen LogP contribution in [0.5, 0.6) is 0 Å². The highest BCUT2D eigenvalue weighted by Gasteiger charge is 2.38. The van der Waals surface area contributed by atoms with Crippen LogP contribution >= 0.6 is 28.1 Å². The van der Waals surface area contributed by atoms with Crippen LogP contribution in [0.1, 0.15) is 28.8 Å². The average molecular weight is 370 g/mol. The number of thiocarbonyl (C=S) groups is 1. The molecule has 1 aliphatic rings. The quantitative estimate of drug-likeness (QED) is 0.802. The van der Waals surface area contributed by atoms with E-state index in [1.807, 2.05) is 25.1 Å². The fourth-order valence-corrected chi connectivity index (χ4v) is 3.19. The van der Waals surface area contributed by atoms with Gasteiger partial charge in [-0.25, -0.2) is 0 Å². The Morgan fingerprint density at radius 1 is 1.43 bits per heavy atom. The van der Waals surface area contributed by atoms with Gasteiger partial charge in [0.15, 0.2) is 0 Å². The van der Waals surface area contributed by atoms with E-state index in [0.717, 1.165) is 36.0 Å². The summed E-state index contributed by atoms with van der Waals surface area (Å²) in [7, 11) is 2.06. The molecule has 1 aromatic rings. The Labute approximate surface area is 139 Å². The van der Waals surface area contributed by atoms with Crippen LogP contribution in [0.4, 0.5) is 0 Å². The van der Waals surface area contributed by atoms with Gasteiger partial charge in [0.1, 0.15) is 0 Å². The number of halogens is 1. The van der Waals surface area contributed by atoms with Crippen molar-refractivity contribution in [2.24, 2.45) is 5.73 Å². The molecule has 1 heterocycles. The minimum absolute atomic E-state index is 0.119. The molecule has 114 valence electrons. The van der Waals surface area contributed by atoms with Gasteiger partial charge in [0.05, 0.1) is 10.5 Å². The van der Waals surface area contributed by atoms with E-state index in [2.05, 4.69) is 33.2 Å². The molecular formula is C15H20BrN3OS. The van der Waals surface area contributed by atoms with E-state index in [-0.39, 0.29) is 5.91 Å². The zero-order chi connectivity index (χ0) is 15.6. The first kappa shape index (κ1) is 16.4. The maximum Gasteiger partial charge on any atom is 0.252 e. The minimum atomic E-state index is -0.576. The van der Waals surface area contributed by atoms with E-state index in [4.69, 9.17) is 18.0 Å². The van der Waals surface area contributed by atoms with Gasteiger partial charge in [-0.15, -0.1) is 0 Å². The fourth-order valence-electron chi connectivity index (χ4n) is 2.57. The third-order valence-corrected chi connectivity index (χ3v) is 5.43. The van der Waals surface area contributed by atoms with Crippen LogP contribution in [0.3, 0.4) is 0 Å². The Morgan fingerprint density at radius 3 is 2.62 bits per heavy atom. The number of likely N-dealkylation sites (tertiary alicyclic amines) is 1. The fraction of sp³-hybridized carbons (Fsp3) is 0.467. The highest BCUT2D eigenvalue weighted by atomic mass is 79.9. The second kappa shape index (κ2) is 6.42. The molecule has 21 heavy (non-hydrogen) atoms. The van der Waals surface area contributed by atoms with Gasteiger partial charge in [0.25, 0.3) is 5.91 Å². The van der Waals surface area contributed by atoms with Crippen molar-refractivity contribution in [3.05, 3.63) is 33.8 Å². The van der Waals surface area contributed by atoms with Crippen LogP contribution in [0.2, 0.25) is 0 Å². The normalized spacial score (nSPS) is 18.2. The zero-order valence-electron chi connectivity index (χ0n) is 12.3. The molecule has 2 rings (SSSR count). The summed E-state index contributed by atoms with van der Waals surface area (Å²) in [6.45, 7) is 3.66. The van der Waals surface area contributed by atoms with E-state index in [0.29, 0.717) is 10.6 Å². The molecule has 3 N–H and O–H groups in total. The number of carbonyl (C=O) groups excluding carboxylic acids is 1. The first-order valence-corrected chi connectivity index (χ1v) is 8.12. The first-order chi connectivity index (χ1) is 9.85. The summed E-state index contributed by atoms with van der Waals surface area (Å²) in [6, 6.07) is 5.59. The van der Waals surface area contributed by atoms with Gasteiger partial charge in [-0.1, -0.05) is 34.2 Å². The molecule has 1 fully saturated rings. The minimum Gasteiger partial charge on any atom is -0.391 e. The molecule has 6 heteroatoms. The Hall–Kier alpha value is -0.980. The summed E-state index contributed by atoms with van der Waals surface area (Å²) in [5.74, 6) is -0.119. The third kappa shape index (κ3) is 3.44. The van der Waals surface area contributed by atoms with Crippen LogP contribution in [-0.4, -0.2) is 41.5 Å². The number of piperidine rings is 1. The zero-order valence-corrected chi connectivity index (χ0v) is 14.7. The van der Waals surface area contributed by atoms with Gasteiger partial charge in [-0.3, -0.25) is 4.79 Å². The summed E-state index contributed by atoms with van der Waals surface area (Å²) < 4.78 is 0.919. The van der Waals surface area contributed by atoms with Crippen LogP contribution in [-0.2, 0) is 0 Å². The van der Waals surface area contributed by atoms with E-state index < -0.39 is 5.54 Å². The predicted octanol–water partition coefficient (Wildman–Crippen LogP) is 2.24. The van der Waals surface area contributed by atoms with Crippen molar-refractivity contribution in [1.82, 2.24) is 10.2 Å². The molecule has 0 bridgehead atoms. The lowest BCUT2D eigenvalue weighted by atomic mass is 9.87. The highest BCUT2D eigenvalue weighted by Crippen LogP contribution is 2.24. The maximum atomic E-state index is 12.6. The summed E-state index contributed by atoms with van der Waals surface area (Å²) in [5.41, 5.74) is 6.92. The molecule has 0 radical (unpaired) electrons. The van der Waals surface area contributed by atoms with Crippen molar-refractivity contribution < 1.29 is 4.79 Å². The number of hydrogen-bond donors (Lipinski definition) is 2. The van der Waals surface area contributed by atoms with Crippen molar-refractivity contribution in [1.29, 1.82) is 0 Å². The molecule has 1 saturated heterocycles. The number of nitrogens with zero attached hydrogens (tertiary/aromatic N) is 1. The first-order valence-electron chi connectivity index (χ1n) is 6.92. The topological polar surface area (TPSA) is 58.4 Å². The van der Waals surface area contributed by atoms with E-state index in [1.165, 1.54) is 0 Å². The van der Waals surface area contributed by atoms with Gasteiger partial charge in [0.2, 0.25) is 0 Å². The molecule has 0 aliphatic carbocycles. The maximum absolute atomic E-state index is 12.6. The standard InChI is InChI=1S/C15H20BrN3OS/c1-10-11(4-3-5-12(10)16)13(20)18-15(14(17)21)6-8-19(2)9-7-15/h3-5H,6-9H2,1-2H3,(H2,17,21)(H,18,20). The summed E-state index contributed by atoms with van der Waals surface area (Å²) in [4.78, 5) is 15.2.